The lowest BCUT2D eigenvalue weighted by Crippen LogP contribution is -2.32. The Morgan fingerprint density at radius 2 is 2.20 bits per heavy atom. The van der Waals surface area contributed by atoms with Crippen LogP contribution in [-0.4, -0.2) is 34.0 Å². The lowest BCUT2D eigenvalue weighted by molar-refractivity contribution is 0.0728. The van der Waals surface area contributed by atoms with E-state index in [1.807, 2.05) is 12.1 Å². The normalized spacial score (nSPS) is 13.9. The summed E-state index contributed by atoms with van der Waals surface area (Å²) in [5.41, 5.74) is 2.31. The average molecular weight is 354 g/mol. The summed E-state index contributed by atoms with van der Waals surface area (Å²) in [6, 6.07) is 11.4. The fourth-order valence-corrected chi connectivity index (χ4v) is 3.89. The summed E-state index contributed by atoms with van der Waals surface area (Å²) in [4.78, 5) is 19.6. The number of hydrogen-bond acceptors (Lipinski definition) is 4. The highest BCUT2D eigenvalue weighted by Crippen LogP contribution is 2.39. The van der Waals surface area contributed by atoms with Crippen molar-refractivity contribution in [1.82, 2.24) is 9.88 Å². The highest BCUT2D eigenvalue weighted by atomic mass is 32.1. The van der Waals surface area contributed by atoms with Gasteiger partial charge in [0.05, 0.1) is 6.54 Å². The van der Waals surface area contributed by atoms with Crippen LogP contribution in [0.25, 0.3) is 10.4 Å². The number of H-pyrrole nitrogens is 1. The van der Waals surface area contributed by atoms with E-state index in [-0.39, 0.29) is 11.7 Å². The first-order chi connectivity index (χ1) is 12.1. The van der Waals surface area contributed by atoms with Gasteiger partial charge in [0.1, 0.15) is 12.3 Å². The van der Waals surface area contributed by atoms with E-state index in [0.29, 0.717) is 31.1 Å². The van der Waals surface area contributed by atoms with Gasteiger partial charge in [-0.1, -0.05) is 0 Å². The fourth-order valence-electron chi connectivity index (χ4n) is 3.04. The standard InChI is InChI=1S/C19H18N2O3S/c1-12-4-5-17(25-12)13-9-14-11-21(19(23)15-3-2-6-20-15)7-8-24-18(14)16(22)10-13/h2-6,9-10,20,22H,7-8,11H2,1H3. The van der Waals surface area contributed by atoms with Crippen molar-refractivity contribution in [2.24, 2.45) is 0 Å². The second-order valence-corrected chi connectivity index (χ2v) is 7.34. The molecule has 0 aliphatic carbocycles. The van der Waals surface area contributed by atoms with Crippen molar-refractivity contribution in [3.05, 3.63) is 58.7 Å². The SMILES string of the molecule is Cc1ccc(-c2cc(O)c3c(c2)CN(C(=O)c2ccc[nH]2)CCO3)s1. The molecule has 0 unspecified atom stereocenters. The summed E-state index contributed by atoms with van der Waals surface area (Å²) >= 11 is 1.67. The number of hydrogen-bond donors (Lipinski definition) is 2. The van der Waals surface area contributed by atoms with Gasteiger partial charge >= 0.3 is 0 Å². The molecule has 5 nitrogen and oxygen atoms in total. The van der Waals surface area contributed by atoms with Gasteiger partial charge in [-0.15, -0.1) is 11.3 Å². The summed E-state index contributed by atoms with van der Waals surface area (Å²) < 4.78 is 5.72. The molecule has 0 spiro atoms. The van der Waals surface area contributed by atoms with Crippen LogP contribution in [0.2, 0.25) is 0 Å². The number of nitrogens with zero attached hydrogens (tertiary/aromatic N) is 1. The van der Waals surface area contributed by atoms with Crippen LogP contribution in [0, 0.1) is 6.92 Å². The van der Waals surface area contributed by atoms with Gasteiger partial charge < -0.3 is 19.7 Å². The minimum atomic E-state index is -0.0710. The molecular weight excluding hydrogens is 336 g/mol. The Kier molecular flexibility index (Phi) is 3.97. The number of phenols is 1. The number of fused-ring (bicyclic) bond motifs is 1. The van der Waals surface area contributed by atoms with Crippen molar-refractivity contribution in [2.75, 3.05) is 13.2 Å². The molecule has 1 aromatic carbocycles. The van der Waals surface area contributed by atoms with E-state index < -0.39 is 0 Å². The minimum absolute atomic E-state index is 0.0710. The van der Waals surface area contributed by atoms with Gasteiger partial charge in [-0.2, -0.15) is 0 Å². The van der Waals surface area contributed by atoms with E-state index in [1.165, 1.54) is 4.88 Å². The summed E-state index contributed by atoms with van der Waals surface area (Å²) in [6.07, 6.45) is 1.73. The molecule has 0 fully saturated rings. The number of carbonyl (C=O) groups is 1. The third-order valence-electron chi connectivity index (χ3n) is 4.26. The molecule has 3 aromatic rings. The number of phenolic OH excluding ortho intramolecular Hbond substituents is 1. The first-order valence-electron chi connectivity index (χ1n) is 8.10. The number of aromatic nitrogens is 1. The molecule has 6 heteroatoms. The molecule has 1 amide bonds. The highest BCUT2D eigenvalue weighted by molar-refractivity contribution is 7.15. The molecule has 0 bridgehead atoms. The van der Waals surface area contributed by atoms with Crippen LogP contribution in [0.4, 0.5) is 0 Å². The molecule has 3 heterocycles. The molecule has 25 heavy (non-hydrogen) atoms. The summed E-state index contributed by atoms with van der Waals surface area (Å²) in [7, 11) is 0. The molecule has 2 aromatic heterocycles. The van der Waals surface area contributed by atoms with Crippen molar-refractivity contribution in [2.45, 2.75) is 13.5 Å². The van der Waals surface area contributed by atoms with Crippen LogP contribution < -0.4 is 4.74 Å². The van der Waals surface area contributed by atoms with Crippen LogP contribution in [0.5, 0.6) is 11.5 Å². The number of aryl methyl sites for hydroxylation is 1. The van der Waals surface area contributed by atoms with Crippen LogP contribution in [0.1, 0.15) is 20.9 Å². The Balaban J connectivity index is 1.70. The maximum Gasteiger partial charge on any atom is 0.270 e. The van der Waals surface area contributed by atoms with Crippen LogP contribution in [0.15, 0.2) is 42.6 Å². The molecule has 2 N–H and O–H groups in total. The summed E-state index contributed by atoms with van der Waals surface area (Å²) in [6.45, 7) is 3.28. The third-order valence-corrected chi connectivity index (χ3v) is 5.31. The van der Waals surface area contributed by atoms with E-state index in [2.05, 4.69) is 18.0 Å². The van der Waals surface area contributed by atoms with Crippen molar-refractivity contribution in [3.8, 4) is 21.9 Å². The van der Waals surface area contributed by atoms with E-state index in [1.54, 1.807) is 40.6 Å². The molecule has 0 atom stereocenters. The van der Waals surface area contributed by atoms with Crippen LogP contribution in [-0.2, 0) is 6.54 Å². The van der Waals surface area contributed by atoms with E-state index in [0.717, 1.165) is 16.0 Å². The Hall–Kier alpha value is -2.73. The lowest BCUT2D eigenvalue weighted by atomic mass is 10.1. The Bertz CT molecular complexity index is 915. The first-order valence-corrected chi connectivity index (χ1v) is 8.91. The number of rotatable bonds is 2. The molecule has 0 saturated heterocycles. The van der Waals surface area contributed by atoms with Gasteiger partial charge in [-0.25, -0.2) is 0 Å². The molecular formula is C19H18N2O3S. The number of aromatic hydroxyl groups is 1. The predicted octanol–water partition coefficient (Wildman–Crippen LogP) is 3.79. The van der Waals surface area contributed by atoms with Gasteiger partial charge in [-0.3, -0.25) is 4.79 Å². The zero-order chi connectivity index (χ0) is 17.4. The zero-order valence-corrected chi connectivity index (χ0v) is 14.6. The molecule has 0 radical (unpaired) electrons. The highest BCUT2D eigenvalue weighted by Gasteiger charge is 2.24. The van der Waals surface area contributed by atoms with Crippen molar-refractivity contribution in [1.29, 1.82) is 0 Å². The summed E-state index contributed by atoms with van der Waals surface area (Å²) in [5, 5.41) is 10.4. The van der Waals surface area contributed by atoms with E-state index in [9.17, 15) is 9.90 Å². The monoisotopic (exact) mass is 354 g/mol. The lowest BCUT2D eigenvalue weighted by Gasteiger charge is -2.19. The van der Waals surface area contributed by atoms with Crippen LogP contribution in [0.3, 0.4) is 0 Å². The number of benzene rings is 1. The first kappa shape index (κ1) is 15.8. The fraction of sp³-hybridized carbons (Fsp3) is 0.211. The average Bonchev–Trinajstić information content (AvgIpc) is 3.22. The van der Waals surface area contributed by atoms with Crippen molar-refractivity contribution >= 4 is 17.2 Å². The smallest absolute Gasteiger partial charge is 0.270 e. The number of aromatic amines is 1. The van der Waals surface area contributed by atoms with Gasteiger partial charge in [0.15, 0.2) is 11.5 Å². The van der Waals surface area contributed by atoms with Gasteiger partial charge in [-0.05, 0) is 48.9 Å². The van der Waals surface area contributed by atoms with Gasteiger partial charge in [0.25, 0.3) is 5.91 Å². The van der Waals surface area contributed by atoms with Crippen molar-refractivity contribution < 1.29 is 14.6 Å². The summed E-state index contributed by atoms with van der Waals surface area (Å²) in [5.74, 6) is 0.518. The largest absolute Gasteiger partial charge is 0.504 e. The molecule has 1 aliphatic heterocycles. The van der Waals surface area contributed by atoms with E-state index in [4.69, 9.17) is 4.74 Å². The third kappa shape index (κ3) is 3.00. The molecule has 128 valence electrons. The van der Waals surface area contributed by atoms with Crippen LogP contribution >= 0.6 is 11.3 Å². The predicted molar refractivity (Wildman–Crippen MR) is 97.2 cm³/mol. The van der Waals surface area contributed by atoms with Crippen molar-refractivity contribution in [3.63, 3.8) is 0 Å². The molecule has 0 saturated carbocycles. The minimum Gasteiger partial charge on any atom is -0.504 e. The topological polar surface area (TPSA) is 65.6 Å². The van der Waals surface area contributed by atoms with E-state index >= 15 is 0 Å². The second kappa shape index (κ2) is 6.29. The zero-order valence-electron chi connectivity index (χ0n) is 13.8. The Morgan fingerprint density at radius 1 is 1.32 bits per heavy atom. The molecule has 4 rings (SSSR count). The van der Waals surface area contributed by atoms with Gasteiger partial charge in [0, 0.05) is 28.1 Å². The second-order valence-electron chi connectivity index (χ2n) is 6.05. The number of nitrogens with one attached hydrogen (secondary N) is 1. The number of carbonyl (C=O) groups excluding carboxylic acids is 1. The number of ether oxygens (including phenoxy) is 1. The van der Waals surface area contributed by atoms with Gasteiger partial charge in [0.2, 0.25) is 0 Å². The number of thiophene rings is 1. The maximum atomic E-state index is 12.6. The Labute approximate surface area is 149 Å². The quantitative estimate of drug-likeness (QED) is 0.736. The number of amides is 1. The maximum absolute atomic E-state index is 12.6. The Morgan fingerprint density at radius 3 is 2.92 bits per heavy atom. The molecule has 1 aliphatic rings.